The standard InChI is InChI=1S/C17H15NO2/c1-11-15(17(19)20)10-16(18(11)2)14-8-7-12-5-3-4-6-13(12)9-14/h3-10H,1-2H3,(H,19,20). The first-order chi connectivity index (χ1) is 9.58. The second-order valence-corrected chi connectivity index (χ2v) is 4.95. The lowest BCUT2D eigenvalue weighted by Crippen LogP contribution is -1.99. The van der Waals surface area contributed by atoms with Crippen molar-refractivity contribution in [3.63, 3.8) is 0 Å². The molecule has 1 heterocycles. The molecule has 0 radical (unpaired) electrons. The van der Waals surface area contributed by atoms with Crippen LogP contribution in [0.25, 0.3) is 22.0 Å². The summed E-state index contributed by atoms with van der Waals surface area (Å²) in [4.78, 5) is 11.2. The third-order valence-corrected chi connectivity index (χ3v) is 3.81. The highest BCUT2D eigenvalue weighted by molar-refractivity contribution is 5.92. The van der Waals surface area contributed by atoms with Crippen LogP contribution in [0.5, 0.6) is 0 Å². The number of nitrogens with zero attached hydrogens (tertiary/aromatic N) is 1. The van der Waals surface area contributed by atoms with E-state index in [0.717, 1.165) is 22.3 Å². The van der Waals surface area contributed by atoms with Crippen LogP contribution in [-0.2, 0) is 7.05 Å². The van der Waals surface area contributed by atoms with Gasteiger partial charge in [0.05, 0.1) is 5.56 Å². The topological polar surface area (TPSA) is 42.2 Å². The van der Waals surface area contributed by atoms with E-state index >= 15 is 0 Å². The van der Waals surface area contributed by atoms with Gasteiger partial charge in [0.2, 0.25) is 0 Å². The highest BCUT2D eigenvalue weighted by Crippen LogP contribution is 2.27. The zero-order chi connectivity index (χ0) is 14.3. The van der Waals surface area contributed by atoms with E-state index in [4.69, 9.17) is 0 Å². The van der Waals surface area contributed by atoms with Crippen LogP contribution in [0, 0.1) is 6.92 Å². The minimum absolute atomic E-state index is 0.357. The molecule has 3 heteroatoms. The smallest absolute Gasteiger partial charge is 0.337 e. The molecular formula is C17H15NO2. The zero-order valence-corrected chi connectivity index (χ0v) is 11.4. The quantitative estimate of drug-likeness (QED) is 0.764. The number of carboxylic acid groups (broad SMARTS) is 1. The maximum atomic E-state index is 11.2. The number of carbonyl (C=O) groups is 1. The monoisotopic (exact) mass is 265 g/mol. The number of hydrogen-bond acceptors (Lipinski definition) is 1. The molecule has 3 rings (SSSR count). The molecule has 1 N–H and O–H groups in total. The molecule has 0 bridgehead atoms. The Morgan fingerprint density at radius 2 is 1.75 bits per heavy atom. The molecule has 0 saturated heterocycles. The van der Waals surface area contributed by atoms with Gasteiger partial charge in [-0.15, -0.1) is 0 Å². The molecule has 1 aromatic heterocycles. The highest BCUT2D eigenvalue weighted by Gasteiger charge is 2.15. The number of rotatable bonds is 2. The minimum Gasteiger partial charge on any atom is -0.478 e. The van der Waals surface area contributed by atoms with Gasteiger partial charge in [0.25, 0.3) is 0 Å². The van der Waals surface area contributed by atoms with Gasteiger partial charge < -0.3 is 9.67 Å². The van der Waals surface area contributed by atoms with Crippen molar-refractivity contribution in [1.82, 2.24) is 4.57 Å². The van der Waals surface area contributed by atoms with Gasteiger partial charge in [-0.2, -0.15) is 0 Å². The molecule has 0 spiro atoms. The molecule has 3 aromatic rings. The third-order valence-electron chi connectivity index (χ3n) is 3.81. The Kier molecular flexibility index (Phi) is 2.83. The van der Waals surface area contributed by atoms with Crippen LogP contribution in [0.3, 0.4) is 0 Å². The first kappa shape index (κ1) is 12.5. The maximum absolute atomic E-state index is 11.2. The molecule has 0 fully saturated rings. The summed E-state index contributed by atoms with van der Waals surface area (Å²) < 4.78 is 1.92. The minimum atomic E-state index is -0.884. The second kappa shape index (κ2) is 4.53. The lowest BCUT2D eigenvalue weighted by atomic mass is 10.0. The van der Waals surface area contributed by atoms with Crippen LogP contribution in [0.4, 0.5) is 0 Å². The molecule has 20 heavy (non-hydrogen) atoms. The van der Waals surface area contributed by atoms with Crippen molar-refractivity contribution in [2.24, 2.45) is 7.05 Å². The lowest BCUT2D eigenvalue weighted by molar-refractivity contribution is 0.0696. The van der Waals surface area contributed by atoms with Crippen molar-refractivity contribution < 1.29 is 9.90 Å². The van der Waals surface area contributed by atoms with Crippen molar-refractivity contribution in [2.45, 2.75) is 6.92 Å². The number of carboxylic acids is 1. The molecule has 0 saturated carbocycles. The van der Waals surface area contributed by atoms with Crippen molar-refractivity contribution in [3.8, 4) is 11.3 Å². The summed E-state index contributed by atoms with van der Waals surface area (Å²) in [6.07, 6.45) is 0. The van der Waals surface area contributed by atoms with Gasteiger partial charge in [0, 0.05) is 18.4 Å². The fourth-order valence-corrected chi connectivity index (χ4v) is 2.54. The summed E-state index contributed by atoms with van der Waals surface area (Å²) in [5.41, 5.74) is 3.07. The molecule has 0 aliphatic carbocycles. The SMILES string of the molecule is Cc1c(C(=O)O)cc(-c2ccc3ccccc3c2)n1C. The van der Waals surface area contributed by atoms with Crippen molar-refractivity contribution in [1.29, 1.82) is 0 Å². The van der Waals surface area contributed by atoms with Crippen LogP contribution < -0.4 is 0 Å². The average Bonchev–Trinajstić information content (AvgIpc) is 2.75. The van der Waals surface area contributed by atoms with E-state index in [1.54, 1.807) is 6.07 Å². The summed E-state index contributed by atoms with van der Waals surface area (Å²) in [6, 6.07) is 16.1. The second-order valence-electron chi connectivity index (χ2n) is 4.95. The maximum Gasteiger partial charge on any atom is 0.337 e. The predicted molar refractivity (Wildman–Crippen MR) is 80.1 cm³/mol. The Bertz CT molecular complexity index is 815. The normalized spacial score (nSPS) is 10.9. The van der Waals surface area contributed by atoms with E-state index in [9.17, 15) is 9.90 Å². The number of fused-ring (bicyclic) bond motifs is 1. The van der Waals surface area contributed by atoms with Crippen LogP contribution in [-0.4, -0.2) is 15.6 Å². The molecular weight excluding hydrogens is 250 g/mol. The fraction of sp³-hybridized carbons (Fsp3) is 0.118. The molecule has 100 valence electrons. The number of benzene rings is 2. The first-order valence-corrected chi connectivity index (χ1v) is 6.46. The predicted octanol–water partition coefficient (Wildman–Crippen LogP) is 3.85. The Morgan fingerprint density at radius 3 is 2.40 bits per heavy atom. The molecule has 3 nitrogen and oxygen atoms in total. The van der Waals surface area contributed by atoms with Crippen molar-refractivity contribution in [2.75, 3.05) is 0 Å². The Labute approximate surface area is 117 Å². The van der Waals surface area contributed by atoms with E-state index in [0.29, 0.717) is 5.56 Å². The van der Waals surface area contributed by atoms with Crippen LogP contribution in [0.15, 0.2) is 48.5 Å². The molecule has 2 aromatic carbocycles. The number of aromatic carboxylic acids is 1. The van der Waals surface area contributed by atoms with Crippen LogP contribution in [0.1, 0.15) is 16.1 Å². The largest absolute Gasteiger partial charge is 0.478 e. The van der Waals surface area contributed by atoms with Crippen LogP contribution in [0.2, 0.25) is 0 Å². The van der Waals surface area contributed by atoms with Crippen molar-refractivity contribution >= 4 is 16.7 Å². The zero-order valence-electron chi connectivity index (χ0n) is 11.4. The van der Waals surface area contributed by atoms with Crippen molar-refractivity contribution in [3.05, 3.63) is 59.8 Å². The third kappa shape index (κ3) is 1.88. The highest BCUT2D eigenvalue weighted by atomic mass is 16.4. The molecule has 0 unspecified atom stereocenters. The van der Waals surface area contributed by atoms with E-state index in [2.05, 4.69) is 24.3 Å². The Balaban J connectivity index is 2.20. The van der Waals surface area contributed by atoms with Gasteiger partial charge in [0.1, 0.15) is 0 Å². The summed E-state index contributed by atoms with van der Waals surface area (Å²) >= 11 is 0. The van der Waals surface area contributed by atoms with Gasteiger partial charge in [-0.3, -0.25) is 0 Å². The first-order valence-electron chi connectivity index (χ1n) is 6.46. The summed E-state index contributed by atoms with van der Waals surface area (Å²) in [5, 5.41) is 11.5. The van der Waals surface area contributed by atoms with Gasteiger partial charge in [0.15, 0.2) is 0 Å². The van der Waals surface area contributed by atoms with E-state index < -0.39 is 5.97 Å². The number of aromatic nitrogens is 1. The van der Waals surface area contributed by atoms with Crippen LogP contribution >= 0.6 is 0 Å². The molecule has 0 amide bonds. The number of hydrogen-bond donors (Lipinski definition) is 1. The fourth-order valence-electron chi connectivity index (χ4n) is 2.54. The Morgan fingerprint density at radius 1 is 1.05 bits per heavy atom. The van der Waals surface area contributed by atoms with Gasteiger partial charge in [-0.25, -0.2) is 4.79 Å². The summed E-state index contributed by atoms with van der Waals surface area (Å²) in [5.74, 6) is -0.884. The molecule has 0 atom stereocenters. The van der Waals surface area contributed by atoms with Gasteiger partial charge in [-0.1, -0.05) is 36.4 Å². The summed E-state index contributed by atoms with van der Waals surface area (Å²) in [7, 11) is 1.90. The van der Waals surface area contributed by atoms with E-state index in [1.165, 1.54) is 5.39 Å². The van der Waals surface area contributed by atoms with Gasteiger partial charge in [-0.05, 0) is 35.4 Å². The van der Waals surface area contributed by atoms with E-state index in [-0.39, 0.29) is 0 Å². The van der Waals surface area contributed by atoms with E-state index in [1.807, 2.05) is 36.7 Å². The molecule has 0 aliphatic heterocycles. The summed E-state index contributed by atoms with van der Waals surface area (Å²) in [6.45, 7) is 1.83. The lowest BCUT2D eigenvalue weighted by Gasteiger charge is -2.06. The Hall–Kier alpha value is -2.55. The molecule has 0 aliphatic rings. The van der Waals surface area contributed by atoms with Gasteiger partial charge >= 0.3 is 5.97 Å². The average molecular weight is 265 g/mol.